The Bertz CT molecular complexity index is 608. The second-order valence-electron chi connectivity index (χ2n) is 4.95. The summed E-state index contributed by atoms with van der Waals surface area (Å²) >= 11 is 0. The van der Waals surface area contributed by atoms with E-state index >= 15 is 0 Å². The second-order valence-corrected chi connectivity index (χ2v) is 4.95. The van der Waals surface area contributed by atoms with Gasteiger partial charge < -0.3 is 30.4 Å². The normalized spacial score (nSPS) is 17.2. The first-order valence-electron chi connectivity index (χ1n) is 6.64. The molecule has 0 aliphatic rings. The van der Waals surface area contributed by atoms with E-state index in [2.05, 4.69) is 15.1 Å². The van der Waals surface area contributed by atoms with Gasteiger partial charge in [0.25, 0.3) is 5.78 Å². The molecule has 0 aliphatic carbocycles. The van der Waals surface area contributed by atoms with Crippen molar-refractivity contribution in [1.82, 2.24) is 19.6 Å². The average molecular weight is 313 g/mol. The van der Waals surface area contributed by atoms with E-state index < -0.39 is 31.0 Å². The molecule has 0 radical (unpaired) electrons. The fraction of sp³-hybridized carbons (Fsp3) is 0.583. The molecule has 2 rings (SSSR count). The van der Waals surface area contributed by atoms with Crippen LogP contribution >= 0.6 is 0 Å². The predicted molar refractivity (Wildman–Crippen MR) is 75.2 cm³/mol. The van der Waals surface area contributed by atoms with Crippen LogP contribution in [0.1, 0.15) is 0 Å². The first kappa shape index (κ1) is 16.5. The fourth-order valence-corrected chi connectivity index (χ4v) is 2.06. The Morgan fingerprint density at radius 2 is 1.82 bits per heavy atom. The van der Waals surface area contributed by atoms with Crippen LogP contribution in [0.2, 0.25) is 0 Å². The maximum absolute atomic E-state index is 9.98. The van der Waals surface area contributed by atoms with Crippen LogP contribution in [0.25, 0.3) is 5.78 Å². The van der Waals surface area contributed by atoms with Crippen LogP contribution in [-0.4, -0.2) is 89.7 Å². The van der Waals surface area contributed by atoms with E-state index in [0.29, 0.717) is 11.6 Å². The molecule has 0 saturated carbocycles. The minimum atomic E-state index is -1.66. The highest BCUT2D eigenvalue weighted by Crippen LogP contribution is 2.14. The lowest BCUT2D eigenvalue weighted by Gasteiger charge is -2.29. The summed E-state index contributed by atoms with van der Waals surface area (Å²) in [7, 11) is 1.65. The second kappa shape index (κ2) is 6.94. The number of aromatic nitrogens is 4. The molecule has 22 heavy (non-hydrogen) atoms. The smallest absolute Gasteiger partial charge is 0.254 e. The van der Waals surface area contributed by atoms with Crippen LogP contribution in [0.15, 0.2) is 18.6 Å². The Morgan fingerprint density at radius 3 is 2.50 bits per heavy atom. The molecule has 122 valence electrons. The zero-order valence-electron chi connectivity index (χ0n) is 11.9. The summed E-state index contributed by atoms with van der Waals surface area (Å²) in [6.07, 6.45) is -3.28. The lowest BCUT2D eigenvalue weighted by Crippen LogP contribution is -2.49. The quantitative estimate of drug-likeness (QED) is 0.360. The Hall–Kier alpha value is -1.85. The summed E-state index contributed by atoms with van der Waals surface area (Å²) in [6, 6.07) is 1.65. The van der Waals surface area contributed by atoms with Gasteiger partial charge in [0, 0.05) is 19.8 Å². The largest absolute Gasteiger partial charge is 0.394 e. The molecular formula is C12H19N5O5. The molecule has 4 atom stereocenters. The van der Waals surface area contributed by atoms with Crippen molar-refractivity contribution in [1.29, 1.82) is 0 Å². The third-order valence-electron chi connectivity index (χ3n) is 3.34. The lowest BCUT2D eigenvalue weighted by atomic mass is 10.0. The van der Waals surface area contributed by atoms with E-state index in [1.807, 2.05) is 0 Å². The molecular weight excluding hydrogens is 294 g/mol. The van der Waals surface area contributed by atoms with Gasteiger partial charge in [0.15, 0.2) is 0 Å². The van der Waals surface area contributed by atoms with Gasteiger partial charge in [-0.15, -0.1) is 0 Å². The van der Waals surface area contributed by atoms with E-state index in [-0.39, 0.29) is 6.54 Å². The summed E-state index contributed by atoms with van der Waals surface area (Å²) in [6.45, 7) is -0.764. The van der Waals surface area contributed by atoms with Crippen LogP contribution in [0.3, 0.4) is 0 Å². The minimum Gasteiger partial charge on any atom is -0.394 e. The van der Waals surface area contributed by atoms with Crippen molar-refractivity contribution in [3.8, 4) is 0 Å². The van der Waals surface area contributed by atoms with E-state index in [9.17, 15) is 20.4 Å². The number of hydrogen-bond donors (Lipinski definition) is 5. The lowest BCUT2D eigenvalue weighted by molar-refractivity contribution is -0.112. The summed E-state index contributed by atoms with van der Waals surface area (Å²) in [5.41, 5.74) is 0. The van der Waals surface area contributed by atoms with Gasteiger partial charge in [-0.1, -0.05) is 0 Å². The number of likely N-dealkylation sites (N-methyl/N-ethyl adjacent to an activating group) is 1. The van der Waals surface area contributed by atoms with Gasteiger partial charge in [-0.3, -0.25) is 0 Å². The average Bonchev–Trinajstić information content (AvgIpc) is 3.00. The number of aliphatic hydroxyl groups is 5. The first-order valence-corrected chi connectivity index (χ1v) is 6.64. The number of anilines is 1. The van der Waals surface area contributed by atoms with Gasteiger partial charge in [-0.2, -0.15) is 14.6 Å². The topological polar surface area (TPSA) is 147 Å². The summed E-state index contributed by atoms with van der Waals surface area (Å²) < 4.78 is 1.46. The molecule has 5 N–H and O–H groups in total. The van der Waals surface area contributed by atoms with Gasteiger partial charge >= 0.3 is 0 Å². The Kier molecular flexibility index (Phi) is 5.21. The highest BCUT2D eigenvalue weighted by atomic mass is 16.4. The number of aliphatic hydroxyl groups excluding tert-OH is 5. The zero-order chi connectivity index (χ0) is 16.3. The molecule has 0 unspecified atom stereocenters. The zero-order valence-corrected chi connectivity index (χ0v) is 11.9. The molecule has 0 spiro atoms. The number of rotatable bonds is 7. The van der Waals surface area contributed by atoms with Crippen molar-refractivity contribution < 1.29 is 25.5 Å². The molecule has 2 aromatic rings. The predicted octanol–water partition coefficient (Wildman–Crippen LogP) is -3.00. The fourth-order valence-electron chi connectivity index (χ4n) is 2.06. The number of nitrogens with zero attached hydrogens (tertiary/aromatic N) is 5. The summed E-state index contributed by atoms with van der Waals surface area (Å²) in [5, 5.41) is 51.4. The SMILES string of the molecule is CN(C[C@H](O)[C@H](O)[C@H](O)[C@@H](O)CO)c1ccnc2ncnn12. The number of fused-ring (bicyclic) bond motifs is 1. The van der Waals surface area contributed by atoms with E-state index in [0.717, 1.165) is 0 Å². The van der Waals surface area contributed by atoms with E-state index in [1.54, 1.807) is 18.0 Å². The first-order chi connectivity index (χ1) is 10.5. The van der Waals surface area contributed by atoms with Gasteiger partial charge in [0.1, 0.15) is 30.5 Å². The molecule has 0 amide bonds. The van der Waals surface area contributed by atoms with Crippen molar-refractivity contribution in [3.63, 3.8) is 0 Å². The van der Waals surface area contributed by atoms with Crippen molar-refractivity contribution in [2.45, 2.75) is 24.4 Å². The van der Waals surface area contributed by atoms with Crippen molar-refractivity contribution >= 4 is 11.6 Å². The van der Waals surface area contributed by atoms with Crippen molar-refractivity contribution in [2.75, 3.05) is 25.1 Å². The maximum atomic E-state index is 9.98. The Labute approximate surface area is 125 Å². The number of hydrogen-bond acceptors (Lipinski definition) is 9. The molecule has 10 nitrogen and oxygen atoms in total. The molecule has 2 heterocycles. The van der Waals surface area contributed by atoms with Gasteiger partial charge in [0.2, 0.25) is 0 Å². The molecule has 0 aliphatic heterocycles. The third-order valence-corrected chi connectivity index (χ3v) is 3.34. The maximum Gasteiger partial charge on any atom is 0.254 e. The minimum absolute atomic E-state index is 0.0463. The standard InChI is InChI=1S/C12H19N5O5/c1-16(4-7(19)10(21)11(22)8(20)5-18)9-2-3-13-12-14-6-15-17(9)12/h2-3,6-8,10-11,18-22H,4-5H2,1H3/t7-,8-,10-,11+/m0/s1. The molecule has 0 saturated heterocycles. The summed E-state index contributed by atoms with van der Waals surface area (Å²) in [5.74, 6) is 0.959. The van der Waals surface area contributed by atoms with Gasteiger partial charge in [-0.25, -0.2) is 4.98 Å². The highest BCUT2D eigenvalue weighted by molar-refractivity contribution is 5.44. The molecule has 10 heteroatoms. The Balaban J connectivity index is 2.08. The third kappa shape index (κ3) is 3.31. The van der Waals surface area contributed by atoms with Crippen LogP contribution in [0, 0.1) is 0 Å². The monoisotopic (exact) mass is 313 g/mol. The highest BCUT2D eigenvalue weighted by Gasteiger charge is 2.30. The van der Waals surface area contributed by atoms with Gasteiger partial charge in [0.05, 0.1) is 12.7 Å². The molecule has 0 aromatic carbocycles. The summed E-state index contributed by atoms with van der Waals surface area (Å²) in [4.78, 5) is 9.54. The van der Waals surface area contributed by atoms with E-state index in [1.165, 1.54) is 17.0 Å². The Morgan fingerprint density at radius 1 is 1.14 bits per heavy atom. The van der Waals surface area contributed by atoms with Crippen LogP contribution in [-0.2, 0) is 0 Å². The van der Waals surface area contributed by atoms with Gasteiger partial charge in [-0.05, 0) is 6.07 Å². The van der Waals surface area contributed by atoms with Crippen molar-refractivity contribution in [3.05, 3.63) is 18.6 Å². The van der Waals surface area contributed by atoms with Crippen LogP contribution in [0.5, 0.6) is 0 Å². The van der Waals surface area contributed by atoms with Crippen LogP contribution < -0.4 is 4.90 Å². The van der Waals surface area contributed by atoms with Crippen LogP contribution in [0.4, 0.5) is 5.82 Å². The molecule has 0 fully saturated rings. The molecule has 2 aromatic heterocycles. The molecule has 0 bridgehead atoms. The van der Waals surface area contributed by atoms with Crippen molar-refractivity contribution in [2.24, 2.45) is 0 Å². The van der Waals surface area contributed by atoms with E-state index in [4.69, 9.17) is 5.11 Å².